The molecule has 0 fully saturated rings. The van der Waals surface area contributed by atoms with Crippen LogP contribution < -0.4 is 10.5 Å². The SMILES string of the molecule is NCc1coc(COc2ccc3c(c2)CCCC3)c1. The third kappa shape index (κ3) is 2.82. The van der Waals surface area contributed by atoms with Crippen molar-refractivity contribution in [2.24, 2.45) is 5.73 Å². The molecule has 2 aromatic rings. The highest BCUT2D eigenvalue weighted by Gasteiger charge is 2.10. The molecule has 0 amide bonds. The van der Waals surface area contributed by atoms with Crippen LogP contribution in [0.15, 0.2) is 34.9 Å². The van der Waals surface area contributed by atoms with E-state index in [0.29, 0.717) is 13.2 Å². The summed E-state index contributed by atoms with van der Waals surface area (Å²) in [6.45, 7) is 0.959. The number of nitrogens with two attached hydrogens (primary N) is 1. The van der Waals surface area contributed by atoms with Crippen LogP contribution in [0.25, 0.3) is 0 Å². The summed E-state index contributed by atoms with van der Waals surface area (Å²) >= 11 is 0. The Hall–Kier alpha value is -1.74. The van der Waals surface area contributed by atoms with Crippen LogP contribution in [0.1, 0.15) is 35.3 Å². The zero-order valence-corrected chi connectivity index (χ0v) is 11.0. The van der Waals surface area contributed by atoms with E-state index in [1.54, 1.807) is 6.26 Å². The van der Waals surface area contributed by atoms with Crippen LogP contribution in [0.2, 0.25) is 0 Å². The number of fused-ring (bicyclic) bond motifs is 1. The Balaban J connectivity index is 1.66. The van der Waals surface area contributed by atoms with Crippen molar-refractivity contribution in [2.45, 2.75) is 38.8 Å². The molecule has 0 aliphatic heterocycles. The van der Waals surface area contributed by atoms with E-state index in [1.165, 1.54) is 36.8 Å². The van der Waals surface area contributed by atoms with E-state index >= 15 is 0 Å². The summed E-state index contributed by atoms with van der Waals surface area (Å²) in [5.74, 6) is 1.74. The molecule has 100 valence electrons. The summed E-state index contributed by atoms with van der Waals surface area (Å²) in [4.78, 5) is 0. The third-order valence-electron chi connectivity index (χ3n) is 3.64. The molecule has 3 nitrogen and oxygen atoms in total. The number of rotatable bonds is 4. The minimum absolute atomic E-state index is 0.457. The molecule has 0 unspecified atom stereocenters. The molecule has 19 heavy (non-hydrogen) atoms. The van der Waals surface area contributed by atoms with Crippen molar-refractivity contribution in [3.8, 4) is 5.75 Å². The fourth-order valence-electron chi connectivity index (χ4n) is 2.56. The predicted molar refractivity (Wildman–Crippen MR) is 74.0 cm³/mol. The number of benzene rings is 1. The highest BCUT2D eigenvalue weighted by molar-refractivity contribution is 5.37. The minimum Gasteiger partial charge on any atom is -0.486 e. The average molecular weight is 257 g/mol. The van der Waals surface area contributed by atoms with Gasteiger partial charge < -0.3 is 14.9 Å². The van der Waals surface area contributed by atoms with Crippen LogP contribution >= 0.6 is 0 Å². The van der Waals surface area contributed by atoms with Crippen molar-refractivity contribution in [1.29, 1.82) is 0 Å². The normalized spacial score (nSPS) is 14.2. The first-order chi connectivity index (χ1) is 9.35. The molecule has 1 aliphatic rings. The maximum absolute atomic E-state index is 5.78. The van der Waals surface area contributed by atoms with Crippen LogP contribution in [0.5, 0.6) is 5.75 Å². The first-order valence-corrected chi connectivity index (χ1v) is 6.86. The van der Waals surface area contributed by atoms with Crippen molar-refractivity contribution < 1.29 is 9.15 Å². The van der Waals surface area contributed by atoms with Crippen molar-refractivity contribution in [3.05, 3.63) is 53.0 Å². The van der Waals surface area contributed by atoms with Gasteiger partial charge in [-0.2, -0.15) is 0 Å². The maximum Gasteiger partial charge on any atom is 0.146 e. The molecule has 0 bridgehead atoms. The van der Waals surface area contributed by atoms with Gasteiger partial charge in [0.2, 0.25) is 0 Å². The molecule has 0 saturated carbocycles. The van der Waals surface area contributed by atoms with Crippen LogP contribution in [0.4, 0.5) is 0 Å². The van der Waals surface area contributed by atoms with Gasteiger partial charge in [-0.15, -0.1) is 0 Å². The number of aryl methyl sites for hydroxylation is 2. The zero-order valence-electron chi connectivity index (χ0n) is 11.0. The molecule has 0 saturated heterocycles. The Kier molecular flexibility index (Phi) is 3.56. The largest absolute Gasteiger partial charge is 0.486 e. The molecular formula is C16H19NO2. The predicted octanol–water partition coefficient (Wildman–Crippen LogP) is 3.20. The molecule has 1 aromatic heterocycles. The van der Waals surface area contributed by atoms with Gasteiger partial charge in [0.05, 0.1) is 6.26 Å². The van der Waals surface area contributed by atoms with Gasteiger partial charge >= 0.3 is 0 Å². The van der Waals surface area contributed by atoms with Crippen LogP contribution in [0.3, 0.4) is 0 Å². The van der Waals surface area contributed by atoms with E-state index in [1.807, 2.05) is 6.07 Å². The van der Waals surface area contributed by atoms with E-state index in [-0.39, 0.29) is 0 Å². The lowest BCUT2D eigenvalue weighted by molar-refractivity contribution is 0.270. The average Bonchev–Trinajstić information content (AvgIpc) is 2.93. The molecule has 0 radical (unpaired) electrons. The summed E-state index contributed by atoms with van der Waals surface area (Å²) in [5, 5.41) is 0. The molecule has 2 N–H and O–H groups in total. The highest BCUT2D eigenvalue weighted by Crippen LogP contribution is 2.25. The standard InChI is InChI=1S/C16H19NO2/c17-9-12-7-16(18-10-12)11-19-15-6-5-13-3-1-2-4-14(13)8-15/h5-8,10H,1-4,9,11,17H2. The summed E-state index contributed by atoms with van der Waals surface area (Å²) in [5.41, 5.74) is 9.46. The van der Waals surface area contributed by atoms with Gasteiger partial charge in [-0.05, 0) is 55.0 Å². The molecule has 3 heteroatoms. The Morgan fingerprint density at radius 1 is 1.11 bits per heavy atom. The lowest BCUT2D eigenvalue weighted by atomic mass is 9.92. The number of hydrogen-bond acceptors (Lipinski definition) is 3. The van der Waals surface area contributed by atoms with Gasteiger partial charge in [0, 0.05) is 12.1 Å². The Bertz CT molecular complexity index is 560. The lowest BCUT2D eigenvalue weighted by Gasteiger charge is -2.16. The second-order valence-electron chi connectivity index (χ2n) is 5.05. The van der Waals surface area contributed by atoms with Crippen molar-refractivity contribution in [2.75, 3.05) is 0 Å². The summed E-state index contributed by atoms with van der Waals surface area (Å²) < 4.78 is 11.2. The molecule has 0 atom stereocenters. The van der Waals surface area contributed by atoms with E-state index in [0.717, 1.165) is 17.1 Å². The summed E-state index contributed by atoms with van der Waals surface area (Å²) in [6, 6.07) is 8.36. The van der Waals surface area contributed by atoms with Crippen molar-refractivity contribution >= 4 is 0 Å². The van der Waals surface area contributed by atoms with Crippen LogP contribution in [-0.2, 0) is 26.0 Å². The van der Waals surface area contributed by atoms with Crippen LogP contribution in [-0.4, -0.2) is 0 Å². The van der Waals surface area contributed by atoms with E-state index in [4.69, 9.17) is 14.9 Å². The second-order valence-corrected chi connectivity index (χ2v) is 5.05. The molecule has 1 heterocycles. The second kappa shape index (κ2) is 5.49. The first-order valence-electron chi connectivity index (χ1n) is 6.86. The Labute approximate surface area is 113 Å². The summed E-state index contributed by atoms with van der Waals surface area (Å²) in [6.07, 6.45) is 6.65. The fraction of sp³-hybridized carbons (Fsp3) is 0.375. The Morgan fingerprint density at radius 2 is 1.95 bits per heavy atom. The Morgan fingerprint density at radius 3 is 2.74 bits per heavy atom. The monoisotopic (exact) mass is 257 g/mol. The van der Waals surface area contributed by atoms with Gasteiger partial charge in [-0.3, -0.25) is 0 Å². The topological polar surface area (TPSA) is 48.4 Å². The lowest BCUT2D eigenvalue weighted by Crippen LogP contribution is -2.03. The number of furan rings is 1. The van der Waals surface area contributed by atoms with E-state index in [2.05, 4.69) is 18.2 Å². The van der Waals surface area contributed by atoms with Gasteiger partial charge in [0.25, 0.3) is 0 Å². The minimum atomic E-state index is 0.457. The first kappa shape index (κ1) is 12.3. The molecule has 1 aliphatic carbocycles. The van der Waals surface area contributed by atoms with Crippen molar-refractivity contribution in [1.82, 2.24) is 0 Å². The van der Waals surface area contributed by atoms with Gasteiger partial charge in [-0.25, -0.2) is 0 Å². The molecule has 1 aromatic carbocycles. The maximum atomic E-state index is 5.78. The smallest absolute Gasteiger partial charge is 0.146 e. The third-order valence-corrected chi connectivity index (χ3v) is 3.64. The van der Waals surface area contributed by atoms with Gasteiger partial charge in [0.15, 0.2) is 0 Å². The molecule has 0 spiro atoms. The van der Waals surface area contributed by atoms with Gasteiger partial charge in [0.1, 0.15) is 18.1 Å². The van der Waals surface area contributed by atoms with Crippen LogP contribution in [0, 0.1) is 0 Å². The zero-order chi connectivity index (χ0) is 13.1. The molecule has 3 rings (SSSR count). The number of hydrogen-bond donors (Lipinski definition) is 1. The summed E-state index contributed by atoms with van der Waals surface area (Å²) in [7, 11) is 0. The fourth-order valence-corrected chi connectivity index (χ4v) is 2.56. The van der Waals surface area contributed by atoms with Gasteiger partial charge in [-0.1, -0.05) is 6.07 Å². The van der Waals surface area contributed by atoms with E-state index < -0.39 is 0 Å². The number of ether oxygens (including phenoxy) is 1. The van der Waals surface area contributed by atoms with E-state index in [9.17, 15) is 0 Å². The molecular weight excluding hydrogens is 238 g/mol. The quantitative estimate of drug-likeness (QED) is 0.915. The van der Waals surface area contributed by atoms with Crippen molar-refractivity contribution in [3.63, 3.8) is 0 Å². The highest BCUT2D eigenvalue weighted by atomic mass is 16.5.